The molecule has 2 aromatic rings. The van der Waals surface area contributed by atoms with Crippen molar-refractivity contribution in [1.29, 1.82) is 0 Å². The average molecular weight is 412 g/mol. The molecular formula is C21H22ClN5O2. The zero-order chi connectivity index (χ0) is 20.4. The number of halogens is 1. The van der Waals surface area contributed by atoms with Crippen molar-refractivity contribution in [1.82, 2.24) is 10.2 Å². The number of benzene rings is 2. The van der Waals surface area contributed by atoms with Crippen LogP contribution < -0.4 is 16.0 Å². The first-order valence-electron chi connectivity index (χ1n) is 9.47. The Labute approximate surface area is 174 Å². The van der Waals surface area contributed by atoms with E-state index < -0.39 is 11.6 Å². The number of anilines is 2. The number of hydrogen-bond donors (Lipinski definition) is 3. The summed E-state index contributed by atoms with van der Waals surface area (Å²) in [6.45, 7) is 1.72. The minimum Gasteiger partial charge on any atom is -0.358 e. The second kappa shape index (κ2) is 7.75. The van der Waals surface area contributed by atoms with Crippen LogP contribution in [0.2, 0.25) is 5.02 Å². The Balaban J connectivity index is 1.35. The van der Waals surface area contributed by atoms with Gasteiger partial charge in [0.1, 0.15) is 11.4 Å². The van der Waals surface area contributed by atoms with Crippen molar-refractivity contribution in [3.05, 3.63) is 59.1 Å². The smallest absolute Gasteiger partial charge is 0.320 e. The number of carbonyl (C=O) groups is 2. The van der Waals surface area contributed by atoms with Gasteiger partial charge in [0.15, 0.2) is 0 Å². The van der Waals surface area contributed by atoms with Crippen molar-refractivity contribution in [2.45, 2.75) is 18.4 Å². The zero-order valence-electron chi connectivity index (χ0n) is 16.0. The molecule has 2 aromatic carbocycles. The standard InChI is InChI=1S/C21H22ClN5O2/c1-27-13-12-23-18(27)14-2-6-16(7-3-14)24-19(28)21(10-11-21)26-20(29)25-17-8-4-15(22)5-9-17/h2-9H,10-13H2,1H3,(H,24,28)(H2,25,26,29). The number of carbonyl (C=O) groups excluding carboxylic acids is 2. The van der Waals surface area contributed by atoms with Gasteiger partial charge in [-0.2, -0.15) is 0 Å². The Bertz CT molecular complexity index is 952. The number of likely N-dealkylation sites (N-methyl/N-ethyl adjacent to an activating group) is 1. The van der Waals surface area contributed by atoms with Crippen molar-refractivity contribution in [2.24, 2.45) is 4.99 Å². The van der Waals surface area contributed by atoms with Gasteiger partial charge >= 0.3 is 6.03 Å². The minimum atomic E-state index is -0.870. The second-order valence-electron chi connectivity index (χ2n) is 7.33. The highest BCUT2D eigenvalue weighted by molar-refractivity contribution is 6.30. The van der Waals surface area contributed by atoms with Crippen LogP contribution in [0.5, 0.6) is 0 Å². The molecule has 0 bridgehead atoms. The maximum Gasteiger partial charge on any atom is 0.320 e. The number of urea groups is 1. The number of rotatable bonds is 5. The minimum absolute atomic E-state index is 0.216. The lowest BCUT2D eigenvalue weighted by Crippen LogP contribution is -2.47. The summed E-state index contributed by atoms with van der Waals surface area (Å²) in [5.74, 6) is 0.744. The molecule has 150 valence electrons. The first kappa shape index (κ1) is 19.3. The summed E-state index contributed by atoms with van der Waals surface area (Å²) in [4.78, 5) is 31.6. The predicted molar refractivity (Wildman–Crippen MR) is 115 cm³/mol. The van der Waals surface area contributed by atoms with E-state index in [4.69, 9.17) is 11.6 Å². The van der Waals surface area contributed by atoms with Crippen LogP contribution in [0.4, 0.5) is 16.2 Å². The predicted octanol–water partition coefficient (Wildman–Crippen LogP) is 3.32. The van der Waals surface area contributed by atoms with Crippen molar-refractivity contribution in [3.63, 3.8) is 0 Å². The Kier molecular flexibility index (Phi) is 5.15. The van der Waals surface area contributed by atoms with E-state index in [0.29, 0.717) is 29.2 Å². The Morgan fingerprint density at radius 3 is 2.21 bits per heavy atom. The van der Waals surface area contributed by atoms with Gasteiger partial charge in [-0.1, -0.05) is 11.6 Å². The maximum atomic E-state index is 12.7. The van der Waals surface area contributed by atoms with E-state index in [9.17, 15) is 9.59 Å². The molecule has 2 aliphatic rings. The van der Waals surface area contributed by atoms with E-state index >= 15 is 0 Å². The summed E-state index contributed by atoms with van der Waals surface area (Å²) in [6.07, 6.45) is 1.21. The summed E-state index contributed by atoms with van der Waals surface area (Å²) < 4.78 is 0. The molecular weight excluding hydrogens is 390 g/mol. The van der Waals surface area contributed by atoms with Crippen molar-refractivity contribution >= 4 is 40.7 Å². The Hall–Kier alpha value is -3.06. The van der Waals surface area contributed by atoms with Gasteiger partial charge in [0, 0.05) is 35.6 Å². The van der Waals surface area contributed by atoms with E-state index in [1.807, 2.05) is 31.3 Å². The van der Waals surface area contributed by atoms with Crippen LogP contribution in [-0.2, 0) is 4.79 Å². The Morgan fingerprint density at radius 1 is 1.00 bits per heavy atom. The third-order valence-electron chi connectivity index (χ3n) is 5.10. The maximum absolute atomic E-state index is 12.7. The molecule has 3 N–H and O–H groups in total. The molecule has 8 heteroatoms. The largest absolute Gasteiger partial charge is 0.358 e. The van der Waals surface area contributed by atoms with E-state index in [1.54, 1.807) is 24.3 Å². The van der Waals surface area contributed by atoms with Gasteiger partial charge in [-0.15, -0.1) is 0 Å². The summed E-state index contributed by atoms with van der Waals surface area (Å²) in [5, 5.41) is 9.00. The molecule has 1 fully saturated rings. The molecule has 7 nitrogen and oxygen atoms in total. The molecule has 0 aromatic heterocycles. The molecule has 0 spiro atoms. The third-order valence-corrected chi connectivity index (χ3v) is 5.35. The fourth-order valence-corrected chi connectivity index (χ4v) is 3.37. The lowest BCUT2D eigenvalue weighted by Gasteiger charge is -2.18. The third kappa shape index (κ3) is 4.35. The number of hydrogen-bond acceptors (Lipinski definition) is 4. The van der Waals surface area contributed by atoms with Gasteiger partial charge in [0.05, 0.1) is 6.54 Å². The van der Waals surface area contributed by atoms with Gasteiger partial charge in [-0.3, -0.25) is 9.79 Å². The average Bonchev–Trinajstić information content (AvgIpc) is 3.36. The molecule has 3 amide bonds. The molecule has 0 saturated heterocycles. The van der Waals surface area contributed by atoms with Gasteiger partial charge < -0.3 is 20.9 Å². The zero-order valence-corrected chi connectivity index (χ0v) is 16.8. The number of nitrogens with zero attached hydrogens (tertiary/aromatic N) is 2. The fraction of sp³-hybridized carbons (Fsp3) is 0.286. The summed E-state index contributed by atoms with van der Waals surface area (Å²) in [5.41, 5.74) is 1.44. The molecule has 4 rings (SSSR count). The van der Waals surface area contributed by atoms with Gasteiger partial charge in [-0.05, 0) is 61.4 Å². The molecule has 0 radical (unpaired) electrons. The van der Waals surface area contributed by atoms with E-state index in [1.165, 1.54) is 0 Å². The van der Waals surface area contributed by atoms with Crippen molar-refractivity contribution < 1.29 is 9.59 Å². The lowest BCUT2D eigenvalue weighted by atomic mass is 10.1. The summed E-state index contributed by atoms with van der Waals surface area (Å²) >= 11 is 5.85. The highest BCUT2D eigenvalue weighted by Crippen LogP contribution is 2.36. The second-order valence-corrected chi connectivity index (χ2v) is 7.76. The van der Waals surface area contributed by atoms with Gasteiger partial charge in [-0.25, -0.2) is 4.79 Å². The highest BCUT2D eigenvalue weighted by atomic mass is 35.5. The first-order valence-corrected chi connectivity index (χ1v) is 9.85. The normalized spacial score (nSPS) is 16.8. The summed E-state index contributed by atoms with van der Waals surface area (Å²) in [6, 6.07) is 14.0. The molecule has 29 heavy (non-hydrogen) atoms. The van der Waals surface area contributed by atoms with Gasteiger partial charge in [0.25, 0.3) is 0 Å². The monoisotopic (exact) mass is 411 g/mol. The molecule has 0 unspecified atom stereocenters. The number of aliphatic imine (C=N–C) groups is 1. The van der Waals surface area contributed by atoms with Crippen molar-refractivity contribution in [3.8, 4) is 0 Å². The number of nitrogens with one attached hydrogen (secondary N) is 3. The molecule has 1 saturated carbocycles. The highest BCUT2D eigenvalue weighted by Gasteiger charge is 2.51. The fourth-order valence-electron chi connectivity index (χ4n) is 3.24. The van der Waals surface area contributed by atoms with Crippen molar-refractivity contribution in [2.75, 3.05) is 30.8 Å². The number of amides is 3. The lowest BCUT2D eigenvalue weighted by molar-refractivity contribution is -0.118. The van der Waals surface area contributed by atoms with Gasteiger partial charge in [0.2, 0.25) is 5.91 Å². The molecule has 1 heterocycles. The number of amidine groups is 1. The first-order chi connectivity index (χ1) is 13.9. The van der Waals surface area contributed by atoms with Crippen LogP contribution in [0.25, 0.3) is 0 Å². The van der Waals surface area contributed by atoms with Crippen LogP contribution in [0.3, 0.4) is 0 Å². The van der Waals surface area contributed by atoms with Crippen LogP contribution in [-0.4, -0.2) is 48.3 Å². The topological polar surface area (TPSA) is 85.8 Å². The SMILES string of the molecule is CN1CCN=C1c1ccc(NC(=O)C2(NC(=O)Nc3ccc(Cl)cc3)CC2)cc1. The summed E-state index contributed by atoms with van der Waals surface area (Å²) in [7, 11) is 2.01. The van der Waals surface area contributed by atoms with E-state index in [2.05, 4.69) is 25.8 Å². The molecule has 1 aliphatic carbocycles. The Morgan fingerprint density at radius 2 is 1.62 bits per heavy atom. The van der Waals surface area contributed by atoms with E-state index in [0.717, 1.165) is 24.5 Å². The molecule has 0 atom stereocenters. The quantitative estimate of drug-likeness (QED) is 0.705. The van der Waals surface area contributed by atoms with E-state index in [-0.39, 0.29) is 5.91 Å². The van der Waals surface area contributed by atoms with Crippen LogP contribution in [0, 0.1) is 0 Å². The van der Waals surface area contributed by atoms with Crippen LogP contribution in [0.15, 0.2) is 53.5 Å². The van der Waals surface area contributed by atoms with Crippen LogP contribution in [0.1, 0.15) is 18.4 Å². The van der Waals surface area contributed by atoms with Crippen LogP contribution >= 0.6 is 11.6 Å². The molecule has 1 aliphatic heterocycles.